The number of hydrogen-bond donors (Lipinski definition) is 1. The number of likely N-dealkylation sites (N-methyl/N-ethyl adjacent to an activating group) is 1. The Labute approximate surface area is 133 Å². The first kappa shape index (κ1) is 15.3. The van der Waals surface area contributed by atoms with E-state index in [4.69, 9.17) is 5.10 Å². The minimum atomic E-state index is 0.595. The molecule has 118 valence electrons. The first-order valence-electron chi connectivity index (χ1n) is 8.17. The summed E-state index contributed by atoms with van der Waals surface area (Å²) in [5.74, 6) is 0. The van der Waals surface area contributed by atoms with E-state index in [2.05, 4.69) is 60.1 Å². The van der Waals surface area contributed by atoms with Crippen molar-refractivity contribution in [3.8, 4) is 5.69 Å². The molecule has 1 atom stereocenters. The van der Waals surface area contributed by atoms with Gasteiger partial charge in [-0.05, 0) is 52.4 Å². The van der Waals surface area contributed by atoms with Crippen molar-refractivity contribution in [2.75, 3.05) is 20.1 Å². The molecule has 0 radical (unpaired) electrons. The summed E-state index contributed by atoms with van der Waals surface area (Å²) in [4.78, 5) is 2.41. The van der Waals surface area contributed by atoms with Gasteiger partial charge in [-0.2, -0.15) is 5.10 Å². The van der Waals surface area contributed by atoms with Crippen molar-refractivity contribution in [1.82, 2.24) is 20.0 Å². The lowest BCUT2D eigenvalue weighted by molar-refractivity contribution is 0.226. The van der Waals surface area contributed by atoms with Crippen LogP contribution in [0.2, 0.25) is 0 Å². The lowest BCUT2D eigenvalue weighted by Crippen LogP contribution is -2.43. The maximum Gasteiger partial charge on any atom is 0.0648 e. The van der Waals surface area contributed by atoms with Crippen molar-refractivity contribution >= 4 is 0 Å². The highest BCUT2D eigenvalue weighted by molar-refractivity contribution is 5.36. The fourth-order valence-corrected chi connectivity index (χ4v) is 3.33. The third-order valence-corrected chi connectivity index (χ3v) is 4.63. The van der Waals surface area contributed by atoms with Crippen molar-refractivity contribution in [2.45, 2.75) is 39.3 Å². The van der Waals surface area contributed by atoms with E-state index in [1.165, 1.54) is 30.6 Å². The predicted molar refractivity (Wildman–Crippen MR) is 90.4 cm³/mol. The van der Waals surface area contributed by atoms with Crippen LogP contribution < -0.4 is 5.32 Å². The van der Waals surface area contributed by atoms with E-state index >= 15 is 0 Å². The van der Waals surface area contributed by atoms with Gasteiger partial charge in [-0.3, -0.25) is 0 Å². The van der Waals surface area contributed by atoms with Gasteiger partial charge < -0.3 is 10.2 Å². The van der Waals surface area contributed by atoms with Crippen LogP contribution in [-0.2, 0) is 6.54 Å². The maximum absolute atomic E-state index is 4.73. The summed E-state index contributed by atoms with van der Waals surface area (Å²) in [6.07, 6.45) is 2.56. The van der Waals surface area contributed by atoms with E-state index in [0.717, 1.165) is 24.5 Å². The van der Waals surface area contributed by atoms with Gasteiger partial charge in [0.1, 0.15) is 0 Å². The molecule has 4 nitrogen and oxygen atoms in total. The highest BCUT2D eigenvalue weighted by Crippen LogP contribution is 2.18. The van der Waals surface area contributed by atoms with E-state index < -0.39 is 0 Å². The Kier molecular flexibility index (Phi) is 4.60. The number of aromatic nitrogens is 2. The fourth-order valence-electron chi connectivity index (χ4n) is 3.33. The molecular formula is C18H26N4. The quantitative estimate of drug-likeness (QED) is 0.942. The summed E-state index contributed by atoms with van der Waals surface area (Å²) < 4.78 is 2.05. The SMILES string of the molecule is Cc1nn(-c2ccccc2)c(C)c1CN[C@H]1CCCN(C)C1. The summed E-state index contributed by atoms with van der Waals surface area (Å²) in [5, 5.41) is 8.45. The standard InChI is InChI=1S/C18H26N4/c1-14-18(12-19-16-8-7-11-21(3)13-16)15(2)22(20-14)17-9-5-4-6-10-17/h4-6,9-10,16,19H,7-8,11-13H2,1-3H3/t16-/m0/s1. The molecule has 4 heteroatoms. The molecule has 0 aliphatic carbocycles. The summed E-state index contributed by atoms with van der Waals surface area (Å²) in [6.45, 7) is 7.55. The minimum Gasteiger partial charge on any atom is -0.309 e. The topological polar surface area (TPSA) is 33.1 Å². The number of aryl methyl sites for hydroxylation is 1. The number of hydrogen-bond acceptors (Lipinski definition) is 3. The first-order chi connectivity index (χ1) is 10.6. The van der Waals surface area contributed by atoms with Crippen LogP contribution in [-0.4, -0.2) is 40.9 Å². The van der Waals surface area contributed by atoms with Crippen LogP contribution in [0.3, 0.4) is 0 Å². The Bertz CT molecular complexity index is 618. The number of rotatable bonds is 4. The third kappa shape index (κ3) is 3.23. The Morgan fingerprint density at radius 1 is 1.23 bits per heavy atom. The highest BCUT2D eigenvalue weighted by Gasteiger charge is 2.18. The van der Waals surface area contributed by atoms with Crippen LogP contribution in [0.4, 0.5) is 0 Å². The van der Waals surface area contributed by atoms with Crippen LogP contribution in [0.1, 0.15) is 29.8 Å². The number of nitrogens with one attached hydrogen (secondary N) is 1. The van der Waals surface area contributed by atoms with E-state index in [9.17, 15) is 0 Å². The second-order valence-corrected chi connectivity index (χ2v) is 6.38. The number of nitrogens with zero attached hydrogens (tertiary/aromatic N) is 3. The molecule has 2 heterocycles. The van der Waals surface area contributed by atoms with Crippen LogP contribution in [0, 0.1) is 13.8 Å². The van der Waals surface area contributed by atoms with Crippen LogP contribution in [0.15, 0.2) is 30.3 Å². The molecule has 3 rings (SSSR count). The fraction of sp³-hybridized carbons (Fsp3) is 0.500. The molecule has 0 unspecified atom stereocenters. The number of piperidine rings is 1. The second kappa shape index (κ2) is 6.63. The van der Waals surface area contributed by atoms with Gasteiger partial charge in [0.15, 0.2) is 0 Å². The van der Waals surface area contributed by atoms with Crippen LogP contribution in [0.25, 0.3) is 5.69 Å². The van der Waals surface area contributed by atoms with Gasteiger partial charge in [-0.1, -0.05) is 18.2 Å². The molecule has 1 aromatic carbocycles. The van der Waals surface area contributed by atoms with Crippen LogP contribution in [0.5, 0.6) is 0 Å². The normalized spacial score (nSPS) is 19.5. The molecule has 1 aliphatic rings. The van der Waals surface area contributed by atoms with Gasteiger partial charge >= 0.3 is 0 Å². The van der Waals surface area contributed by atoms with Gasteiger partial charge in [0.25, 0.3) is 0 Å². The number of likely N-dealkylation sites (tertiary alicyclic amines) is 1. The molecule has 22 heavy (non-hydrogen) atoms. The zero-order valence-corrected chi connectivity index (χ0v) is 13.8. The Morgan fingerprint density at radius 2 is 2.00 bits per heavy atom. The second-order valence-electron chi connectivity index (χ2n) is 6.38. The summed E-state index contributed by atoms with van der Waals surface area (Å²) >= 11 is 0. The molecule has 0 amide bonds. The molecule has 1 saturated heterocycles. The van der Waals surface area contributed by atoms with E-state index in [-0.39, 0.29) is 0 Å². The zero-order chi connectivity index (χ0) is 15.5. The molecule has 0 bridgehead atoms. The van der Waals surface area contributed by atoms with Crippen molar-refractivity contribution in [1.29, 1.82) is 0 Å². The van der Waals surface area contributed by atoms with Crippen molar-refractivity contribution in [3.63, 3.8) is 0 Å². The van der Waals surface area contributed by atoms with E-state index in [1.54, 1.807) is 0 Å². The van der Waals surface area contributed by atoms with Gasteiger partial charge in [0.2, 0.25) is 0 Å². The lowest BCUT2D eigenvalue weighted by Gasteiger charge is -2.30. The third-order valence-electron chi connectivity index (χ3n) is 4.63. The minimum absolute atomic E-state index is 0.595. The highest BCUT2D eigenvalue weighted by atomic mass is 15.3. The van der Waals surface area contributed by atoms with Crippen molar-refractivity contribution < 1.29 is 0 Å². The monoisotopic (exact) mass is 298 g/mol. The molecule has 1 fully saturated rings. The number of benzene rings is 1. The lowest BCUT2D eigenvalue weighted by atomic mass is 10.1. The smallest absolute Gasteiger partial charge is 0.0648 e. The number of para-hydroxylation sites is 1. The zero-order valence-electron chi connectivity index (χ0n) is 13.8. The van der Waals surface area contributed by atoms with Crippen LogP contribution >= 0.6 is 0 Å². The average molecular weight is 298 g/mol. The molecule has 1 aromatic heterocycles. The van der Waals surface area contributed by atoms with Crippen molar-refractivity contribution in [3.05, 3.63) is 47.3 Å². The molecule has 0 saturated carbocycles. The van der Waals surface area contributed by atoms with Crippen molar-refractivity contribution in [2.24, 2.45) is 0 Å². The van der Waals surface area contributed by atoms with Gasteiger partial charge in [0, 0.05) is 30.4 Å². The Balaban J connectivity index is 1.73. The molecule has 0 spiro atoms. The largest absolute Gasteiger partial charge is 0.309 e. The van der Waals surface area contributed by atoms with E-state index in [1.807, 2.05) is 6.07 Å². The summed E-state index contributed by atoms with van der Waals surface area (Å²) in [6, 6.07) is 11.0. The molecule has 1 aliphatic heterocycles. The summed E-state index contributed by atoms with van der Waals surface area (Å²) in [5.41, 5.74) is 4.82. The Morgan fingerprint density at radius 3 is 2.73 bits per heavy atom. The summed E-state index contributed by atoms with van der Waals surface area (Å²) in [7, 11) is 2.21. The molecule has 1 N–H and O–H groups in total. The molecular weight excluding hydrogens is 272 g/mol. The van der Waals surface area contributed by atoms with Gasteiger partial charge in [-0.25, -0.2) is 4.68 Å². The average Bonchev–Trinajstić information content (AvgIpc) is 2.81. The van der Waals surface area contributed by atoms with E-state index in [0.29, 0.717) is 6.04 Å². The first-order valence-corrected chi connectivity index (χ1v) is 8.17. The van der Waals surface area contributed by atoms with Gasteiger partial charge in [-0.15, -0.1) is 0 Å². The predicted octanol–water partition coefficient (Wildman–Crippen LogP) is 2.67. The van der Waals surface area contributed by atoms with Gasteiger partial charge in [0.05, 0.1) is 11.4 Å². The Hall–Kier alpha value is -1.65. The molecule has 2 aromatic rings. The maximum atomic E-state index is 4.73.